The molecule has 0 aliphatic heterocycles. The molecule has 0 aromatic heterocycles. The molecule has 0 saturated heterocycles. The Morgan fingerprint density at radius 3 is 2.20 bits per heavy atom. The summed E-state index contributed by atoms with van der Waals surface area (Å²) in [7, 11) is 0. The highest BCUT2D eigenvalue weighted by molar-refractivity contribution is 6.13. The van der Waals surface area contributed by atoms with E-state index in [1.165, 1.54) is 5.56 Å². The van der Waals surface area contributed by atoms with Crippen LogP contribution in [-0.2, 0) is 16.0 Å². The molecule has 1 aliphatic carbocycles. The molecule has 3 rings (SSSR count). The number of aryl methyl sites for hydroxylation is 1. The van der Waals surface area contributed by atoms with Crippen molar-refractivity contribution in [2.24, 2.45) is 5.41 Å². The van der Waals surface area contributed by atoms with E-state index in [0.717, 1.165) is 17.7 Å². The number of amides is 2. The van der Waals surface area contributed by atoms with Gasteiger partial charge in [0, 0.05) is 5.69 Å². The predicted octanol–water partition coefficient (Wildman–Crippen LogP) is 3.85. The zero-order valence-electron chi connectivity index (χ0n) is 14.7. The fraction of sp³-hybridized carbons (Fsp3) is 0.333. The van der Waals surface area contributed by atoms with Gasteiger partial charge in [-0.05, 0) is 49.4 Å². The molecule has 1 saturated carbocycles. The standard InChI is InChI=1S/C21H24N2O2/c1-3-16-9-11-18(12-10-16)23-20(25)21(13-14-21)19(24)22-15(2)17-7-5-4-6-8-17/h4-12,15H,3,13-14H2,1-2H3,(H,22,24)(H,23,25). The molecular weight excluding hydrogens is 312 g/mol. The van der Waals surface area contributed by atoms with Crippen LogP contribution >= 0.6 is 0 Å². The Balaban J connectivity index is 1.64. The van der Waals surface area contributed by atoms with Crippen molar-refractivity contribution in [2.75, 3.05) is 5.32 Å². The topological polar surface area (TPSA) is 58.2 Å². The summed E-state index contributed by atoms with van der Waals surface area (Å²) < 4.78 is 0. The largest absolute Gasteiger partial charge is 0.349 e. The van der Waals surface area contributed by atoms with E-state index in [0.29, 0.717) is 12.8 Å². The van der Waals surface area contributed by atoms with E-state index < -0.39 is 5.41 Å². The summed E-state index contributed by atoms with van der Waals surface area (Å²) in [6.45, 7) is 4.02. The van der Waals surface area contributed by atoms with E-state index in [4.69, 9.17) is 0 Å². The Kier molecular flexibility index (Phi) is 4.88. The van der Waals surface area contributed by atoms with E-state index in [2.05, 4.69) is 17.6 Å². The number of carbonyl (C=O) groups excluding carboxylic acids is 2. The van der Waals surface area contributed by atoms with Crippen molar-refractivity contribution < 1.29 is 9.59 Å². The third-order valence-corrected chi connectivity index (χ3v) is 4.89. The third kappa shape index (κ3) is 3.73. The summed E-state index contributed by atoms with van der Waals surface area (Å²) in [5, 5.41) is 5.87. The molecule has 2 N–H and O–H groups in total. The summed E-state index contributed by atoms with van der Waals surface area (Å²) in [5.74, 6) is -0.402. The smallest absolute Gasteiger partial charge is 0.240 e. The Morgan fingerprint density at radius 2 is 1.64 bits per heavy atom. The number of anilines is 1. The molecule has 0 radical (unpaired) electrons. The second-order valence-electron chi connectivity index (χ2n) is 6.69. The molecule has 2 amide bonds. The van der Waals surface area contributed by atoms with E-state index in [1.54, 1.807) is 0 Å². The molecule has 1 atom stereocenters. The van der Waals surface area contributed by atoms with Gasteiger partial charge in [0.1, 0.15) is 5.41 Å². The van der Waals surface area contributed by atoms with Crippen molar-refractivity contribution in [3.05, 3.63) is 65.7 Å². The minimum atomic E-state index is -0.924. The molecule has 4 nitrogen and oxygen atoms in total. The maximum absolute atomic E-state index is 12.7. The fourth-order valence-corrected chi connectivity index (χ4v) is 2.92. The Morgan fingerprint density at radius 1 is 1.00 bits per heavy atom. The first-order chi connectivity index (χ1) is 12.0. The summed E-state index contributed by atoms with van der Waals surface area (Å²) in [5.41, 5.74) is 2.06. The molecule has 1 aliphatic rings. The number of benzene rings is 2. The first-order valence-corrected chi connectivity index (χ1v) is 8.81. The molecule has 130 valence electrons. The molecule has 2 aromatic carbocycles. The van der Waals surface area contributed by atoms with Crippen molar-refractivity contribution in [2.45, 2.75) is 39.2 Å². The van der Waals surface area contributed by atoms with Gasteiger partial charge >= 0.3 is 0 Å². The van der Waals surface area contributed by atoms with Gasteiger partial charge in [-0.1, -0.05) is 49.4 Å². The molecule has 4 heteroatoms. The molecule has 25 heavy (non-hydrogen) atoms. The molecular formula is C21H24N2O2. The van der Waals surface area contributed by atoms with Gasteiger partial charge in [-0.2, -0.15) is 0 Å². The molecule has 2 aromatic rings. The number of hydrogen-bond acceptors (Lipinski definition) is 2. The first kappa shape index (κ1) is 17.2. The lowest BCUT2D eigenvalue weighted by molar-refractivity contribution is -0.134. The van der Waals surface area contributed by atoms with Crippen LogP contribution in [0.5, 0.6) is 0 Å². The van der Waals surface area contributed by atoms with Gasteiger partial charge in [0.05, 0.1) is 6.04 Å². The number of nitrogens with one attached hydrogen (secondary N) is 2. The Hall–Kier alpha value is -2.62. The van der Waals surface area contributed by atoms with Gasteiger partial charge in [0.15, 0.2) is 0 Å². The van der Waals surface area contributed by atoms with Gasteiger partial charge < -0.3 is 10.6 Å². The molecule has 1 fully saturated rings. The average Bonchev–Trinajstić information content (AvgIpc) is 3.45. The Labute approximate surface area is 148 Å². The third-order valence-electron chi connectivity index (χ3n) is 4.89. The summed E-state index contributed by atoms with van der Waals surface area (Å²) in [4.78, 5) is 25.3. The highest BCUT2D eigenvalue weighted by atomic mass is 16.2. The lowest BCUT2D eigenvalue weighted by Gasteiger charge is -2.20. The predicted molar refractivity (Wildman–Crippen MR) is 99.1 cm³/mol. The van der Waals surface area contributed by atoms with Gasteiger partial charge in [0.25, 0.3) is 0 Å². The lowest BCUT2D eigenvalue weighted by Crippen LogP contribution is -2.41. The van der Waals surface area contributed by atoms with Crippen LogP contribution in [0.2, 0.25) is 0 Å². The van der Waals surface area contributed by atoms with Crippen LogP contribution in [0.25, 0.3) is 0 Å². The average molecular weight is 336 g/mol. The highest BCUT2D eigenvalue weighted by Crippen LogP contribution is 2.47. The van der Waals surface area contributed by atoms with Crippen molar-refractivity contribution in [1.29, 1.82) is 0 Å². The summed E-state index contributed by atoms with van der Waals surface area (Å²) in [6.07, 6.45) is 2.15. The number of carbonyl (C=O) groups is 2. The maximum atomic E-state index is 12.7. The van der Waals surface area contributed by atoms with Gasteiger partial charge in [-0.3, -0.25) is 9.59 Å². The van der Waals surface area contributed by atoms with E-state index in [9.17, 15) is 9.59 Å². The number of rotatable bonds is 6. The van der Waals surface area contributed by atoms with E-state index >= 15 is 0 Å². The van der Waals surface area contributed by atoms with Crippen LogP contribution in [0.15, 0.2) is 54.6 Å². The van der Waals surface area contributed by atoms with Crippen molar-refractivity contribution in [3.8, 4) is 0 Å². The normalized spacial score (nSPS) is 15.9. The maximum Gasteiger partial charge on any atom is 0.240 e. The number of hydrogen-bond donors (Lipinski definition) is 2. The van der Waals surface area contributed by atoms with Gasteiger partial charge in [-0.25, -0.2) is 0 Å². The monoisotopic (exact) mass is 336 g/mol. The Bertz CT molecular complexity index is 749. The van der Waals surface area contributed by atoms with Crippen molar-refractivity contribution in [3.63, 3.8) is 0 Å². The summed E-state index contributed by atoms with van der Waals surface area (Å²) >= 11 is 0. The minimum Gasteiger partial charge on any atom is -0.349 e. The second kappa shape index (κ2) is 7.09. The van der Waals surface area contributed by atoms with Crippen LogP contribution in [0, 0.1) is 5.41 Å². The van der Waals surface area contributed by atoms with Crippen LogP contribution < -0.4 is 10.6 Å². The van der Waals surface area contributed by atoms with Crippen LogP contribution in [0.4, 0.5) is 5.69 Å². The molecule has 0 spiro atoms. The van der Waals surface area contributed by atoms with Crippen LogP contribution in [0.1, 0.15) is 43.9 Å². The minimum absolute atomic E-state index is 0.122. The SMILES string of the molecule is CCc1ccc(NC(=O)C2(C(=O)NC(C)c3ccccc3)CC2)cc1. The molecule has 0 bridgehead atoms. The fourth-order valence-electron chi connectivity index (χ4n) is 2.92. The van der Waals surface area contributed by atoms with Gasteiger partial charge in [0.2, 0.25) is 11.8 Å². The zero-order chi connectivity index (χ0) is 17.9. The lowest BCUT2D eigenvalue weighted by atomic mass is 10.0. The summed E-state index contributed by atoms with van der Waals surface area (Å²) in [6, 6.07) is 17.4. The van der Waals surface area contributed by atoms with Crippen LogP contribution in [-0.4, -0.2) is 11.8 Å². The molecule has 1 unspecified atom stereocenters. The zero-order valence-corrected chi connectivity index (χ0v) is 14.7. The van der Waals surface area contributed by atoms with Crippen LogP contribution in [0.3, 0.4) is 0 Å². The highest BCUT2D eigenvalue weighted by Gasteiger charge is 2.56. The first-order valence-electron chi connectivity index (χ1n) is 8.81. The van der Waals surface area contributed by atoms with E-state index in [1.807, 2.05) is 61.5 Å². The second-order valence-corrected chi connectivity index (χ2v) is 6.69. The van der Waals surface area contributed by atoms with E-state index in [-0.39, 0.29) is 17.9 Å². The quantitative estimate of drug-likeness (QED) is 0.787. The molecule has 0 heterocycles. The van der Waals surface area contributed by atoms with Crippen molar-refractivity contribution >= 4 is 17.5 Å². The van der Waals surface area contributed by atoms with Gasteiger partial charge in [-0.15, -0.1) is 0 Å². The van der Waals surface area contributed by atoms with Crippen molar-refractivity contribution in [1.82, 2.24) is 5.32 Å².